The van der Waals surface area contributed by atoms with Gasteiger partial charge in [-0.1, -0.05) is 18.1 Å². The van der Waals surface area contributed by atoms with Gasteiger partial charge in [-0.25, -0.2) is 0 Å². The van der Waals surface area contributed by atoms with Crippen LogP contribution in [0.2, 0.25) is 0 Å². The molecule has 1 fully saturated rings. The molecule has 18 heavy (non-hydrogen) atoms. The molecule has 3 nitrogen and oxygen atoms in total. The third-order valence-electron chi connectivity index (χ3n) is 4.12. The number of amides is 1. The van der Waals surface area contributed by atoms with Crippen molar-refractivity contribution in [2.45, 2.75) is 63.9 Å². The highest BCUT2D eigenvalue weighted by Crippen LogP contribution is 2.24. The van der Waals surface area contributed by atoms with E-state index in [1.165, 1.54) is 18.4 Å². The van der Waals surface area contributed by atoms with Gasteiger partial charge in [-0.2, -0.15) is 0 Å². The summed E-state index contributed by atoms with van der Waals surface area (Å²) < 4.78 is 0. The van der Waals surface area contributed by atoms with E-state index in [0.29, 0.717) is 12.3 Å². The van der Waals surface area contributed by atoms with Crippen molar-refractivity contribution in [3.63, 3.8) is 0 Å². The van der Waals surface area contributed by atoms with Crippen LogP contribution >= 0.6 is 0 Å². The molecule has 2 rings (SSSR count). The quantitative estimate of drug-likeness (QED) is 0.754. The van der Waals surface area contributed by atoms with Crippen LogP contribution in [-0.4, -0.2) is 23.7 Å². The Labute approximate surface area is 110 Å². The molecule has 0 radical (unpaired) electrons. The van der Waals surface area contributed by atoms with Gasteiger partial charge in [-0.3, -0.25) is 4.79 Å². The van der Waals surface area contributed by atoms with Gasteiger partial charge < -0.3 is 10.4 Å². The summed E-state index contributed by atoms with van der Waals surface area (Å²) in [6.07, 6.45) is 11.4. The number of hydrogen-bond donors (Lipinski definition) is 2. The molecule has 0 aromatic rings. The van der Waals surface area contributed by atoms with Crippen LogP contribution in [0.25, 0.3) is 0 Å². The average Bonchev–Trinajstić information content (AvgIpc) is 2.38. The van der Waals surface area contributed by atoms with E-state index in [9.17, 15) is 9.90 Å². The Kier molecular flexibility index (Phi) is 5.24. The maximum absolute atomic E-state index is 11.8. The Hall–Kier alpha value is -0.830. The number of carbonyl (C=O) groups excluding carboxylic acids is 1. The Morgan fingerprint density at radius 1 is 1.33 bits per heavy atom. The Bertz CT molecular complexity index is 312. The zero-order valence-electron chi connectivity index (χ0n) is 11.2. The lowest BCUT2D eigenvalue weighted by Crippen LogP contribution is -2.33. The minimum absolute atomic E-state index is 0.151. The van der Waals surface area contributed by atoms with Crippen molar-refractivity contribution in [2.24, 2.45) is 5.92 Å². The summed E-state index contributed by atoms with van der Waals surface area (Å²) in [7, 11) is 0. The molecule has 3 heteroatoms. The van der Waals surface area contributed by atoms with Gasteiger partial charge in [0.1, 0.15) is 0 Å². The van der Waals surface area contributed by atoms with Crippen LogP contribution in [0.4, 0.5) is 0 Å². The molecule has 1 amide bonds. The molecule has 0 unspecified atom stereocenters. The Balaban J connectivity index is 1.66. The van der Waals surface area contributed by atoms with Crippen LogP contribution < -0.4 is 5.32 Å². The highest BCUT2D eigenvalue weighted by Gasteiger charge is 2.20. The van der Waals surface area contributed by atoms with Crippen molar-refractivity contribution in [1.29, 1.82) is 0 Å². The minimum atomic E-state index is -0.151. The fourth-order valence-electron chi connectivity index (χ4n) is 3.04. The zero-order chi connectivity index (χ0) is 12.8. The topological polar surface area (TPSA) is 49.3 Å². The first kappa shape index (κ1) is 13.6. The predicted molar refractivity (Wildman–Crippen MR) is 72.1 cm³/mol. The first-order valence-electron chi connectivity index (χ1n) is 7.36. The summed E-state index contributed by atoms with van der Waals surface area (Å²) in [5.74, 6) is 0.626. The third kappa shape index (κ3) is 4.45. The van der Waals surface area contributed by atoms with Gasteiger partial charge in [0.05, 0.1) is 6.10 Å². The van der Waals surface area contributed by atoms with Crippen LogP contribution in [-0.2, 0) is 4.79 Å². The molecule has 2 N–H and O–H groups in total. The van der Waals surface area contributed by atoms with Crippen molar-refractivity contribution in [3.05, 3.63) is 11.6 Å². The number of rotatable bonds is 4. The summed E-state index contributed by atoms with van der Waals surface area (Å²) in [4.78, 5) is 11.8. The molecule has 102 valence electrons. The molecule has 0 heterocycles. The predicted octanol–water partition coefficient (Wildman–Crippen LogP) is 2.54. The number of allylic oxidation sites excluding steroid dienone is 1. The van der Waals surface area contributed by atoms with E-state index in [4.69, 9.17) is 0 Å². The molecule has 0 aromatic carbocycles. The SMILES string of the molecule is O=C(CC1=CCCCC1)NC[C@H]1CCC[C@@H](O)C1. The molecular formula is C15H25NO2. The molecule has 2 atom stereocenters. The maximum atomic E-state index is 11.8. The molecular weight excluding hydrogens is 226 g/mol. The number of nitrogens with one attached hydrogen (secondary N) is 1. The van der Waals surface area contributed by atoms with E-state index in [0.717, 1.165) is 45.1 Å². The van der Waals surface area contributed by atoms with Gasteiger partial charge in [0.25, 0.3) is 0 Å². The summed E-state index contributed by atoms with van der Waals surface area (Å²) in [6, 6.07) is 0. The van der Waals surface area contributed by atoms with E-state index in [2.05, 4.69) is 11.4 Å². The highest BCUT2D eigenvalue weighted by atomic mass is 16.3. The fraction of sp³-hybridized carbons (Fsp3) is 0.800. The largest absolute Gasteiger partial charge is 0.393 e. The van der Waals surface area contributed by atoms with Crippen molar-refractivity contribution in [1.82, 2.24) is 5.32 Å². The van der Waals surface area contributed by atoms with E-state index in [1.54, 1.807) is 0 Å². The van der Waals surface area contributed by atoms with E-state index < -0.39 is 0 Å². The van der Waals surface area contributed by atoms with Crippen LogP contribution in [0, 0.1) is 5.92 Å². The van der Waals surface area contributed by atoms with Crippen molar-refractivity contribution in [2.75, 3.05) is 6.54 Å². The first-order valence-corrected chi connectivity index (χ1v) is 7.36. The molecule has 2 aliphatic carbocycles. The van der Waals surface area contributed by atoms with Crippen LogP contribution in [0.15, 0.2) is 11.6 Å². The summed E-state index contributed by atoms with van der Waals surface area (Å²) in [5, 5.41) is 12.6. The summed E-state index contributed by atoms with van der Waals surface area (Å²) in [5.41, 5.74) is 1.31. The molecule has 0 aromatic heterocycles. The first-order chi connectivity index (χ1) is 8.74. The summed E-state index contributed by atoms with van der Waals surface area (Å²) >= 11 is 0. The second kappa shape index (κ2) is 6.93. The number of hydrogen-bond acceptors (Lipinski definition) is 2. The molecule has 0 bridgehead atoms. The van der Waals surface area contributed by atoms with Gasteiger partial charge in [0.15, 0.2) is 0 Å². The number of carbonyl (C=O) groups is 1. The van der Waals surface area contributed by atoms with Gasteiger partial charge in [-0.05, 0) is 50.9 Å². The van der Waals surface area contributed by atoms with Gasteiger partial charge in [0.2, 0.25) is 5.91 Å². The Morgan fingerprint density at radius 2 is 2.22 bits per heavy atom. The van der Waals surface area contributed by atoms with E-state index in [1.807, 2.05) is 0 Å². The molecule has 0 aliphatic heterocycles. The van der Waals surface area contributed by atoms with Gasteiger partial charge in [-0.15, -0.1) is 0 Å². The van der Waals surface area contributed by atoms with Gasteiger partial charge >= 0.3 is 0 Å². The number of aliphatic hydroxyl groups excluding tert-OH is 1. The lowest BCUT2D eigenvalue weighted by Gasteiger charge is -2.26. The van der Waals surface area contributed by atoms with Gasteiger partial charge in [0, 0.05) is 13.0 Å². The summed E-state index contributed by atoms with van der Waals surface area (Å²) in [6.45, 7) is 0.739. The van der Waals surface area contributed by atoms with Crippen molar-refractivity contribution in [3.8, 4) is 0 Å². The fourth-order valence-corrected chi connectivity index (χ4v) is 3.04. The van der Waals surface area contributed by atoms with Crippen molar-refractivity contribution < 1.29 is 9.90 Å². The molecule has 1 saturated carbocycles. The monoisotopic (exact) mass is 251 g/mol. The van der Waals surface area contributed by atoms with Crippen LogP contribution in [0.1, 0.15) is 57.8 Å². The Morgan fingerprint density at radius 3 is 2.94 bits per heavy atom. The second-order valence-electron chi connectivity index (χ2n) is 5.78. The zero-order valence-corrected chi connectivity index (χ0v) is 11.2. The maximum Gasteiger partial charge on any atom is 0.224 e. The lowest BCUT2D eigenvalue weighted by molar-refractivity contribution is -0.120. The molecule has 0 saturated heterocycles. The number of aliphatic hydroxyl groups is 1. The minimum Gasteiger partial charge on any atom is -0.393 e. The second-order valence-corrected chi connectivity index (χ2v) is 5.78. The lowest BCUT2D eigenvalue weighted by atomic mass is 9.87. The smallest absolute Gasteiger partial charge is 0.224 e. The van der Waals surface area contributed by atoms with E-state index >= 15 is 0 Å². The van der Waals surface area contributed by atoms with E-state index in [-0.39, 0.29) is 12.0 Å². The van der Waals surface area contributed by atoms with Crippen LogP contribution in [0.5, 0.6) is 0 Å². The molecule has 0 spiro atoms. The third-order valence-corrected chi connectivity index (χ3v) is 4.12. The normalized spacial score (nSPS) is 28.6. The van der Waals surface area contributed by atoms with Crippen LogP contribution in [0.3, 0.4) is 0 Å². The highest BCUT2D eigenvalue weighted by molar-refractivity contribution is 5.78. The van der Waals surface area contributed by atoms with Crippen molar-refractivity contribution >= 4 is 5.91 Å². The molecule has 2 aliphatic rings. The standard InChI is InChI=1S/C15H25NO2/c17-14-8-4-7-13(9-14)11-16-15(18)10-12-5-2-1-3-6-12/h5,13-14,17H,1-4,6-11H2,(H,16,18)/t13-,14+/m0/s1. The average molecular weight is 251 g/mol.